The minimum Gasteiger partial charge on any atom is -0.411 e. The van der Waals surface area contributed by atoms with E-state index in [2.05, 4.69) is 34.3 Å². The second kappa shape index (κ2) is 9.38. The van der Waals surface area contributed by atoms with Crippen LogP contribution >= 0.6 is 0 Å². The Bertz CT molecular complexity index is 323. The molecule has 0 saturated heterocycles. The fraction of sp³-hybridized carbons (Fsp3) is 0.812. The summed E-state index contributed by atoms with van der Waals surface area (Å²) >= 11 is 0. The molecule has 0 heterocycles. The van der Waals surface area contributed by atoms with Gasteiger partial charge in [0, 0.05) is 13.5 Å². The zero-order chi connectivity index (χ0) is 16.5. The van der Waals surface area contributed by atoms with Gasteiger partial charge in [0.25, 0.3) is 0 Å². The van der Waals surface area contributed by atoms with E-state index in [-0.39, 0.29) is 11.5 Å². The van der Waals surface area contributed by atoms with Crippen molar-refractivity contribution in [1.29, 1.82) is 0 Å². The van der Waals surface area contributed by atoms with Crippen LogP contribution in [0.1, 0.15) is 47.0 Å². The SMILES string of the molecule is C=CCC(C)(CCC(=O)N(C)OC)O[Si](CC)(CC)CC. The summed E-state index contributed by atoms with van der Waals surface area (Å²) in [5.74, 6) is -0.0202. The van der Waals surface area contributed by atoms with Crippen molar-refractivity contribution in [3.05, 3.63) is 12.7 Å². The van der Waals surface area contributed by atoms with Crippen LogP contribution in [-0.4, -0.2) is 39.0 Å². The zero-order valence-electron chi connectivity index (χ0n) is 14.7. The summed E-state index contributed by atoms with van der Waals surface area (Å²) in [6.45, 7) is 12.6. The lowest BCUT2D eigenvalue weighted by Gasteiger charge is -2.40. The van der Waals surface area contributed by atoms with Gasteiger partial charge in [-0.1, -0.05) is 26.8 Å². The van der Waals surface area contributed by atoms with Gasteiger partial charge in [0.15, 0.2) is 8.32 Å². The quantitative estimate of drug-likeness (QED) is 0.327. The van der Waals surface area contributed by atoms with Crippen molar-refractivity contribution in [3.63, 3.8) is 0 Å². The summed E-state index contributed by atoms with van der Waals surface area (Å²) in [7, 11) is 1.44. The van der Waals surface area contributed by atoms with Gasteiger partial charge in [-0.2, -0.15) is 0 Å². The van der Waals surface area contributed by atoms with Crippen molar-refractivity contribution < 1.29 is 14.1 Å². The summed E-state index contributed by atoms with van der Waals surface area (Å²) in [4.78, 5) is 16.9. The first kappa shape index (κ1) is 20.3. The van der Waals surface area contributed by atoms with Crippen molar-refractivity contribution in [2.24, 2.45) is 0 Å². The molecular weight excluding hydrogens is 282 g/mol. The molecule has 1 amide bonds. The first-order valence-electron chi connectivity index (χ1n) is 7.93. The van der Waals surface area contributed by atoms with Crippen LogP contribution in [0.5, 0.6) is 0 Å². The second-order valence-electron chi connectivity index (χ2n) is 5.86. The molecule has 0 aromatic carbocycles. The highest BCUT2D eigenvalue weighted by Gasteiger charge is 2.37. The molecule has 0 spiro atoms. The highest BCUT2D eigenvalue weighted by Crippen LogP contribution is 2.33. The van der Waals surface area contributed by atoms with E-state index in [1.165, 1.54) is 12.2 Å². The molecule has 0 bridgehead atoms. The van der Waals surface area contributed by atoms with Crippen LogP contribution < -0.4 is 0 Å². The monoisotopic (exact) mass is 315 g/mol. The van der Waals surface area contributed by atoms with E-state index in [0.29, 0.717) is 12.8 Å². The smallest absolute Gasteiger partial charge is 0.245 e. The Morgan fingerprint density at radius 3 is 2.19 bits per heavy atom. The number of nitrogens with zero attached hydrogens (tertiary/aromatic N) is 1. The van der Waals surface area contributed by atoms with Crippen molar-refractivity contribution in [1.82, 2.24) is 5.06 Å². The maximum atomic E-state index is 11.9. The maximum absolute atomic E-state index is 11.9. The highest BCUT2D eigenvalue weighted by atomic mass is 28.4. The Kier molecular flexibility index (Phi) is 9.09. The Labute approximate surface area is 131 Å². The molecule has 0 aliphatic rings. The van der Waals surface area contributed by atoms with Gasteiger partial charge in [0.05, 0.1) is 12.7 Å². The van der Waals surface area contributed by atoms with Crippen molar-refractivity contribution >= 4 is 14.2 Å². The third-order valence-electron chi connectivity index (χ3n) is 4.46. The molecule has 5 heteroatoms. The second-order valence-corrected chi connectivity index (χ2v) is 10.6. The average molecular weight is 316 g/mol. The molecule has 0 fully saturated rings. The molecule has 21 heavy (non-hydrogen) atoms. The Morgan fingerprint density at radius 2 is 1.81 bits per heavy atom. The van der Waals surface area contributed by atoms with Crippen LogP contribution in [0.15, 0.2) is 12.7 Å². The number of carbonyl (C=O) groups is 1. The van der Waals surface area contributed by atoms with E-state index < -0.39 is 8.32 Å². The predicted molar refractivity (Wildman–Crippen MR) is 90.5 cm³/mol. The predicted octanol–water partition coefficient (Wildman–Crippen LogP) is 4.14. The number of rotatable bonds is 11. The van der Waals surface area contributed by atoms with Crippen LogP contribution in [0.3, 0.4) is 0 Å². The minimum absolute atomic E-state index is 0.0202. The Hall–Kier alpha value is -0.653. The van der Waals surface area contributed by atoms with E-state index >= 15 is 0 Å². The van der Waals surface area contributed by atoms with Crippen molar-refractivity contribution in [3.8, 4) is 0 Å². The fourth-order valence-corrected chi connectivity index (χ4v) is 5.78. The van der Waals surface area contributed by atoms with E-state index in [0.717, 1.165) is 24.6 Å². The van der Waals surface area contributed by atoms with E-state index in [9.17, 15) is 4.79 Å². The van der Waals surface area contributed by atoms with Crippen LogP contribution in [-0.2, 0) is 14.1 Å². The van der Waals surface area contributed by atoms with Crippen LogP contribution in [0.25, 0.3) is 0 Å². The number of hydroxylamine groups is 2. The van der Waals surface area contributed by atoms with Gasteiger partial charge in [-0.15, -0.1) is 6.58 Å². The van der Waals surface area contributed by atoms with Crippen LogP contribution in [0, 0.1) is 0 Å². The largest absolute Gasteiger partial charge is 0.411 e. The first-order chi connectivity index (χ1) is 9.81. The minimum atomic E-state index is -1.70. The van der Waals surface area contributed by atoms with Gasteiger partial charge in [-0.3, -0.25) is 9.63 Å². The summed E-state index contributed by atoms with van der Waals surface area (Å²) in [5.41, 5.74) is -0.305. The van der Waals surface area contributed by atoms with E-state index in [1.807, 2.05) is 6.08 Å². The maximum Gasteiger partial charge on any atom is 0.245 e. The molecular formula is C16H33NO3Si. The summed E-state index contributed by atoms with van der Waals surface area (Å²) < 4.78 is 6.63. The Balaban J connectivity index is 4.90. The molecule has 0 aromatic rings. The lowest BCUT2D eigenvalue weighted by Crippen LogP contribution is -2.46. The Morgan fingerprint density at radius 1 is 1.29 bits per heavy atom. The molecule has 124 valence electrons. The number of amides is 1. The van der Waals surface area contributed by atoms with E-state index in [1.54, 1.807) is 7.05 Å². The van der Waals surface area contributed by atoms with Gasteiger partial charge in [-0.05, 0) is 37.9 Å². The van der Waals surface area contributed by atoms with Gasteiger partial charge in [0.1, 0.15) is 0 Å². The molecule has 0 aliphatic heterocycles. The molecule has 0 saturated carbocycles. The zero-order valence-corrected chi connectivity index (χ0v) is 15.7. The molecule has 0 radical (unpaired) electrons. The van der Waals surface area contributed by atoms with Gasteiger partial charge in [0.2, 0.25) is 5.91 Å². The molecule has 1 atom stereocenters. The third-order valence-corrected chi connectivity index (χ3v) is 9.26. The molecule has 1 unspecified atom stereocenters. The van der Waals surface area contributed by atoms with Gasteiger partial charge >= 0.3 is 0 Å². The lowest BCUT2D eigenvalue weighted by molar-refractivity contribution is -0.169. The summed E-state index contributed by atoms with van der Waals surface area (Å²) in [6, 6.07) is 3.33. The van der Waals surface area contributed by atoms with Crippen LogP contribution in [0.4, 0.5) is 0 Å². The molecule has 0 N–H and O–H groups in total. The van der Waals surface area contributed by atoms with Crippen LogP contribution in [0.2, 0.25) is 18.1 Å². The number of hydrogen-bond acceptors (Lipinski definition) is 3. The van der Waals surface area contributed by atoms with Gasteiger partial charge < -0.3 is 4.43 Å². The fourth-order valence-electron chi connectivity index (χ4n) is 2.62. The standard InChI is InChI=1S/C16H33NO3Si/c1-8-13-16(5,14-12-15(18)17(6)19-7)20-21(9-2,10-3)11-4/h8H,1,9-14H2,2-7H3. The highest BCUT2D eigenvalue weighted by molar-refractivity contribution is 6.73. The molecule has 4 nitrogen and oxygen atoms in total. The number of carbonyl (C=O) groups excluding carboxylic acids is 1. The molecule has 0 rings (SSSR count). The normalized spacial score (nSPS) is 14.6. The summed E-state index contributed by atoms with van der Waals surface area (Å²) in [5, 5.41) is 1.28. The number of hydrogen-bond donors (Lipinski definition) is 0. The molecule has 0 aliphatic carbocycles. The third kappa shape index (κ3) is 6.32. The van der Waals surface area contributed by atoms with E-state index in [4.69, 9.17) is 9.26 Å². The summed E-state index contributed by atoms with van der Waals surface area (Å²) in [6.07, 6.45) is 3.78. The first-order valence-corrected chi connectivity index (χ1v) is 10.5. The lowest BCUT2D eigenvalue weighted by atomic mass is 9.96. The van der Waals surface area contributed by atoms with Crippen molar-refractivity contribution in [2.45, 2.75) is 70.7 Å². The topological polar surface area (TPSA) is 38.8 Å². The van der Waals surface area contributed by atoms with Crippen molar-refractivity contribution in [2.75, 3.05) is 14.2 Å². The average Bonchev–Trinajstić information content (AvgIpc) is 2.50. The molecule has 0 aromatic heterocycles. The van der Waals surface area contributed by atoms with Gasteiger partial charge in [-0.25, -0.2) is 5.06 Å².